The highest BCUT2D eigenvalue weighted by atomic mass is 79.9. The Hall–Kier alpha value is -1.75. The topological polar surface area (TPSA) is 77.0 Å². The summed E-state index contributed by atoms with van der Waals surface area (Å²) in [4.78, 5) is 4.13. The fraction of sp³-hybridized carbons (Fsp3) is 0. The molecule has 0 unspecified atom stereocenters. The monoisotopic (exact) mass is 278 g/mol. The molecule has 0 bridgehead atoms. The first-order chi connectivity index (χ1) is 7.66. The number of aromatic nitrogens is 1. The average molecular weight is 279 g/mol. The molecule has 82 valence electrons. The van der Waals surface area contributed by atoms with Crippen LogP contribution < -0.4 is 16.8 Å². The number of pyridine rings is 1. The summed E-state index contributed by atoms with van der Waals surface area (Å²) < 4.78 is 0.965. The molecule has 2 aromatic rings. The number of para-hydroxylation sites is 1. The van der Waals surface area contributed by atoms with Crippen molar-refractivity contribution in [3.8, 4) is 0 Å². The SMILES string of the molecule is Nc1ccc(Nc2ccccc2Br)nc1N. The van der Waals surface area contributed by atoms with Crippen molar-refractivity contribution in [1.29, 1.82) is 0 Å². The van der Waals surface area contributed by atoms with Gasteiger partial charge in [0.1, 0.15) is 11.6 Å². The van der Waals surface area contributed by atoms with E-state index in [-0.39, 0.29) is 0 Å². The summed E-state index contributed by atoms with van der Waals surface area (Å²) in [6, 6.07) is 11.3. The van der Waals surface area contributed by atoms with Crippen molar-refractivity contribution in [1.82, 2.24) is 4.98 Å². The molecule has 5 N–H and O–H groups in total. The summed E-state index contributed by atoms with van der Waals surface area (Å²) in [5.74, 6) is 0.996. The minimum Gasteiger partial charge on any atom is -0.396 e. The Bertz CT molecular complexity index is 513. The van der Waals surface area contributed by atoms with Gasteiger partial charge in [-0.15, -0.1) is 0 Å². The number of hydrogen-bond donors (Lipinski definition) is 3. The highest BCUT2D eigenvalue weighted by Crippen LogP contribution is 2.25. The highest BCUT2D eigenvalue weighted by Gasteiger charge is 2.02. The Morgan fingerprint density at radius 1 is 1.06 bits per heavy atom. The number of nitrogens with zero attached hydrogens (tertiary/aromatic N) is 1. The van der Waals surface area contributed by atoms with E-state index >= 15 is 0 Å². The van der Waals surface area contributed by atoms with Gasteiger partial charge in [-0.25, -0.2) is 4.98 Å². The van der Waals surface area contributed by atoms with Crippen LogP contribution in [0.25, 0.3) is 0 Å². The molecule has 4 nitrogen and oxygen atoms in total. The fourth-order valence-electron chi connectivity index (χ4n) is 1.26. The van der Waals surface area contributed by atoms with Crippen molar-refractivity contribution >= 4 is 38.9 Å². The fourth-order valence-corrected chi connectivity index (χ4v) is 1.64. The lowest BCUT2D eigenvalue weighted by molar-refractivity contribution is 1.31. The lowest BCUT2D eigenvalue weighted by Gasteiger charge is -2.08. The number of nitrogens with one attached hydrogen (secondary N) is 1. The van der Waals surface area contributed by atoms with Gasteiger partial charge in [0.2, 0.25) is 0 Å². The van der Waals surface area contributed by atoms with Crippen molar-refractivity contribution in [2.75, 3.05) is 16.8 Å². The number of nitrogens with two attached hydrogens (primary N) is 2. The summed E-state index contributed by atoms with van der Waals surface area (Å²) in [5.41, 5.74) is 12.6. The van der Waals surface area contributed by atoms with Crippen LogP contribution in [0.5, 0.6) is 0 Å². The molecule has 0 saturated heterocycles. The smallest absolute Gasteiger partial charge is 0.149 e. The van der Waals surface area contributed by atoms with Crippen molar-refractivity contribution < 1.29 is 0 Å². The molecule has 5 heteroatoms. The van der Waals surface area contributed by atoms with Crippen LogP contribution in [0, 0.1) is 0 Å². The predicted octanol–water partition coefficient (Wildman–Crippen LogP) is 2.75. The molecular formula is C11H11BrN4. The van der Waals surface area contributed by atoms with Gasteiger partial charge in [-0.05, 0) is 40.2 Å². The molecule has 0 amide bonds. The van der Waals surface area contributed by atoms with Crippen molar-refractivity contribution in [3.05, 3.63) is 40.9 Å². The molecule has 1 aromatic carbocycles. The Morgan fingerprint density at radius 2 is 1.81 bits per heavy atom. The Morgan fingerprint density at radius 3 is 2.50 bits per heavy atom. The Labute approximate surface area is 102 Å². The molecule has 2 rings (SSSR count). The molecule has 0 radical (unpaired) electrons. The first-order valence-electron chi connectivity index (χ1n) is 4.70. The zero-order chi connectivity index (χ0) is 11.5. The molecule has 0 aliphatic carbocycles. The first kappa shape index (κ1) is 10.8. The van der Waals surface area contributed by atoms with Crippen LogP contribution in [0.4, 0.5) is 23.0 Å². The zero-order valence-corrected chi connectivity index (χ0v) is 10.0. The number of anilines is 4. The lowest BCUT2D eigenvalue weighted by Crippen LogP contribution is -2.01. The third-order valence-corrected chi connectivity index (χ3v) is 2.79. The maximum Gasteiger partial charge on any atom is 0.149 e. The summed E-state index contributed by atoms with van der Waals surface area (Å²) in [6.45, 7) is 0. The summed E-state index contributed by atoms with van der Waals surface area (Å²) in [5, 5.41) is 3.15. The average Bonchev–Trinajstić information content (AvgIpc) is 2.27. The number of halogens is 1. The Kier molecular flexibility index (Phi) is 2.96. The second-order valence-electron chi connectivity index (χ2n) is 3.28. The van der Waals surface area contributed by atoms with E-state index in [1.54, 1.807) is 12.1 Å². The number of benzene rings is 1. The van der Waals surface area contributed by atoms with Gasteiger partial charge in [-0.1, -0.05) is 12.1 Å². The Balaban J connectivity index is 2.28. The van der Waals surface area contributed by atoms with Crippen LogP contribution >= 0.6 is 15.9 Å². The van der Waals surface area contributed by atoms with Gasteiger partial charge < -0.3 is 16.8 Å². The third-order valence-electron chi connectivity index (χ3n) is 2.09. The summed E-state index contributed by atoms with van der Waals surface area (Å²) >= 11 is 3.44. The normalized spacial score (nSPS) is 10.1. The van der Waals surface area contributed by atoms with Gasteiger partial charge in [0.05, 0.1) is 11.4 Å². The predicted molar refractivity (Wildman–Crippen MR) is 70.5 cm³/mol. The van der Waals surface area contributed by atoms with Gasteiger partial charge >= 0.3 is 0 Å². The molecule has 0 saturated carbocycles. The second kappa shape index (κ2) is 4.40. The van der Waals surface area contributed by atoms with Crippen LogP contribution in [0.15, 0.2) is 40.9 Å². The third kappa shape index (κ3) is 2.25. The van der Waals surface area contributed by atoms with Crippen LogP contribution in [0.1, 0.15) is 0 Å². The van der Waals surface area contributed by atoms with Crippen molar-refractivity contribution in [3.63, 3.8) is 0 Å². The molecule has 0 fully saturated rings. The van der Waals surface area contributed by atoms with E-state index < -0.39 is 0 Å². The standard InChI is InChI=1S/C11H11BrN4/c12-7-3-1-2-4-9(7)15-10-6-5-8(13)11(14)16-10/h1-6H,13H2,(H3,14,15,16). The van der Waals surface area contributed by atoms with Gasteiger partial charge in [-0.3, -0.25) is 0 Å². The minimum atomic E-state index is 0.331. The molecule has 0 aliphatic rings. The number of nitrogen functional groups attached to an aromatic ring is 2. The molecule has 1 heterocycles. The van der Waals surface area contributed by atoms with E-state index in [0.29, 0.717) is 17.3 Å². The van der Waals surface area contributed by atoms with E-state index in [2.05, 4.69) is 26.2 Å². The lowest BCUT2D eigenvalue weighted by atomic mass is 10.3. The van der Waals surface area contributed by atoms with E-state index in [9.17, 15) is 0 Å². The highest BCUT2D eigenvalue weighted by molar-refractivity contribution is 9.10. The maximum absolute atomic E-state index is 5.62. The van der Waals surface area contributed by atoms with Crippen LogP contribution in [-0.4, -0.2) is 4.98 Å². The second-order valence-corrected chi connectivity index (χ2v) is 4.13. The van der Waals surface area contributed by atoms with Gasteiger partial charge in [0.25, 0.3) is 0 Å². The largest absolute Gasteiger partial charge is 0.396 e. The number of rotatable bonds is 2. The van der Waals surface area contributed by atoms with Gasteiger partial charge in [0, 0.05) is 4.47 Å². The minimum absolute atomic E-state index is 0.331. The molecule has 1 aromatic heterocycles. The van der Waals surface area contributed by atoms with Crippen LogP contribution in [-0.2, 0) is 0 Å². The van der Waals surface area contributed by atoms with E-state index in [1.807, 2.05) is 24.3 Å². The van der Waals surface area contributed by atoms with E-state index in [1.165, 1.54) is 0 Å². The molecular weight excluding hydrogens is 268 g/mol. The first-order valence-corrected chi connectivity index (χ1v) is 5.49. The zero-order valence-electron chi connectivity index (χ0n) is 8.44. The molecule has 0 spiro atoms. The number of hydrogen-bond acceptors (Lipinski definition) is 4. The van der Waals surface area contributed by atoms with Crippen LogP contribution in [0.3, 0.4) is 0 Å². The maximum atomic E-state index is 5.62. The molecule has 0 aliphatic heterocycles. The van der Waals surface area contributed by atoms with E-state index in [4.69, 9.17) is 11.5 Å². The summed E-state index contributed by atoms with van der Waals surface area (Å²) in [6.07, 6.45) is 0. The van der Waals surface area contributed by atoms with Gasteiger partial charge in [0.15, 0.2) is 0 Å². The van der Waals surface area contributed by atoms with Crippen molar-refractivity contribution in [2.45, 2.75) is 0 Å². The molecule has 16 heavy (non-hydrogen) atoms. The molecule has 0 atom stereocenters. The summed E-state index contributed by atoms with van der Waals surface area (Å²) in [7, 11) is 0. The van der Waals surface area contributed by atoms with Gasteiger partial charge in [-0.2, -0.15) is 0 Å². The van der Waals surface area contributed by atoms with E-state index in [0.717, 1.165) is 10.2 Å². The van der Waals surface area contributed by atoms with Crippen molar-refractivity contribution in [2.24, 2.45) is 0 Å². The quantitative estimate of drug-likeness (QED) is 0.790. The van der Waals surface area contributed by atoms with Crippen LogP contribution in [0.2, 0.25) is 0 Å².